The molecular formula is C20H29NO3. The average Bonchev–Trinajstić information content (AvgIpc) is 2.99. The molecule has 0 aromatic heterocycles. The van der Waals surface area contributed by atoms with Gasteiger partial charge in [0.15, 0.2) is 0 Å². The summed E-state index contributed by atoms with van der Waals surface area (Å²) in [6.07, 6.45) is 3.92. The molecule has 1 aromatic carbocycles. The van der Waals surface area contributed by atoms with Crippen molar-refractivity contribution in [1.29, 1.82) is 0 Å². The van der Waals surface area contributed by atoms with Crippen LogP contribution in [0.5, 0.6) is 0 Å². The van der Waals surface area contributed by atoms with E-state index in [1.54, 1.807) is 0 Å². The molecule has 132 valence electrons. The normalized spacial score (nSPS) is 27.5. The zero-order chi connectivity index (χ0) is 17.1. The number of aliphatic hydroxyl groups is 1. The van der Waals surface area contributed by atoms with Crippen LogP contribution in [0.1, 0.15) is 42.4 Å². The molecular weight excluding hydrogens is 302 g/mol. The second-order valence-corrected chi connectivity index (χ2v) is 7.32. The zero-order valence-corrected chi connectivity index (χ0v) is 14.8. The predicted molar refractivity (Wildman–Crippen MR) is 93.9 cm³/mol. The van der Waals surface area contributed by atoms with Crippen LogP contribution in [-0.4, -0.2) is 47.8 Å². The Morgan fingerprint density at radius 2 is 2.17 bits per heavy atom. The SMILES string of the molecule is Cc1ccc(CCC(=O)N2CCOCC2C2CCCC2O)c(C)c1. The number of rotatable bonds is 4. The summed E-state index contributed by atoms with van der Waals surface area (Å²) in [5, 5.41) is 10.2. The van der Waals surface area contributed by atoms with Gasteiger partial charge in [0.25, 0.3) is 0 Å². The molecule has 3 rings (SSSR count). The molecule has 24 heavy (non-hydrogen) atoms. The molecule has 1 heterocycles. The summed E-state index contributed by atoms with van der Waals surface area (Å²) in [5.41, 5.74) is 3.76. The van der Waals surface area contributed by atoms with Crippen LogP contribution in [0.25, 0.3) is 0 Å². The first kappa shape index (κ1) is 17.4. The maximum Gasteiger partial charge on any atom is 0.223 e. The van der Waals surface area contributed by atoms with Crippen LogP contribution in [0.3, 0.4) is 0 Å². The van der Waals surface area contributed by atoms with Gasteiger partial charge in [-0.1, -0.05) is 30.2 Å². The lowest BCUT2D eigenvalue weighted by molar-refractivity contribution is -0.143. The smallest absolute Gasteiger partial charge is 0.223 e. The van der Waals surface area contributed by atoms with E-state index in [-0.39, 0.29) is 24.0 Å². The number of nitrogens with zero attached hydrogens (tertiary/aromatic N) is 1. The van der Waals surface area contributed by atoms with Gasteiger partial charge in [-0.25, -0.2) is 0 Å². The van der Waals surface area contributed by atoms with Crippen molar-refractivity contribution in [2.75, 3.05) is 19.8 Å². The second kappa shape index (κ2) is 7.66. The summed E-state index contributed by atoms with van der Waals surface area (Å²) in [6.45, 7) is 6.03. The Hall–Kier alpha value is -1.39. The van der Waals surface area contributed by atoms with Crippen LogP contribution < -0.4 is 0 Å². The Balaban J connectivity index is 1.63. The van der Waals surface area contributed by atoms with Crippen molar-refractivity contribution in [2.45, 2.75) is 58.1 Å². The van der Waals surface area contributed by atoms with Gasteiger partial charge >= 0.3 is 0 Å². The third-order valence-corrected chi connectivity index (χ3v) is 5.62. The van der Waals surface area contributed by atoms with Gasteiger partial charge in [-0.05, 0) is 44.2 Å². The lowest BCUT2D eigenvalue weighted by Crippen LogP contribution is -2.53. The van der Waals surface area contributed by atoms with E-state index in [9.17, 15) is 9.90 Å². The molecule has 1 N–H and O–H groups in total. The molecule has 1 amide bonds. The van der Waals surface area contributed by atoms with Crippen LogP contribution in [-0.2, 0) is 16.0 Å². The molecule has 1 saturated carbocycles. The third kappa shape index (κ3) is 3.81. The summed E-state index contributed by atoms with van der Waals surface area (Å²) in [5.74, 6) is 0.373. The molecule has 4 heteroatoms. The number of aliphatic hydroxyl groups excluding tert-OH is 1. The van der Waals surface area contributed by atoms with E-state index in [0.717, 1.165) is 25.7 Å². The van der Waals surface area contributed by atoms with Gasteiger partial charge in [-0.15, -0.1) is 0 Å². The van der Waals surface area contributed by atoms with E-state index in [2.05, 4.69) is 32.0 Å². The van der Waals surface area contributed by atoms with E-state index in [1.807, 2.05) is 4.90 Å². The van der Waals surface area contributed by atoms with Gasteiger partial charge in [0.1, 0.15) is 0 Å². The van der Waals surface area contributed by atoms with Gasteiger partial charge in [-0.2, -0.15) is 0 Å². The minimum absolute atomic E-state index is 0.0443. The molecule has 1 aromatic rings. The number of ether oxygens (including phenoxy) is 1. The summed E-state index contributed by atoms with van der Waals surface area (Å²) < 4.78 is 5.61. The van der Waals surface area contributed by atoms with Crippen molar-refractivity contribution >= 4 is 5.91 Å². The third-order valence-electron chi connectivity index (χ3n) is 5.62. The Labute approximate surface area is 144 Å². The molecule has 0 radical (unpaired) electrons. The number of carbonyl (C=O) groups is 1. The van der Waals surface area contributed by atoms with Gasteiger partial charge in [0.2, 0.25) is 5.91 Å². The molecule has 2 fully saturated rings. The first-order valence-corrected chi connectivity index (χ1v) is 9.17. The highest BCUT2D eigenvalue weighted by Crippen LogP contribution is 2.32. The number of carbonyl (C=O) groups excluding carboxylic acids is 1. The number of amides is 1. The van der Waals surface area contributed by atoms with Gasteiger partial charge in [0, 0.05) is 18.9 Å². The van der Waals surface area contributed by atoms with Crippen molar-refractivity contribution in [1.82, 2.24) is 4.90 Å². The molecule has 4 nitrogen and oxygen atoms in total. The van der Waals surface area contributed by atoms with E-state index in [1.165, 1.54) is 16.7 Å². The number of hydrogen-bond acceptors (Lipinski definition) is 3. The molecule has 3 unspecified atom stereocenters. The standard InChI is InChI=1S/C20H29NO3/c1-14-6-7-16(15(2)12-14)8-9-20(23)21-10-11-24-13-18(21)17-4-3-5-19(17)22/h6-7,12,17-19,22H,3-5,8-11,13H2,1-2H3. The maximum atomic E-state index is 12.8. The Kier molecular flexibility index (Phi) is 5.57. The second-order valence-electron chi connectivity index (χ2n) is 7.32. The summed E-state index contributed by atoms with van der Waals surface area (Å²) in [6, 6.07) is 6.46. The van der Waals surface area contributed by atoms with Crippen molar-refractivity contribution in [2.24, 2.45) is 5.92 Å². The zero-order valence-electron chi connectivity index (χ0n) is 14.8. The highest BCUT2D eigenvalue weighted by molar-refractivity contribution is 5.77. The van der Waals surface area contributed by atoms with Crippen molar-refractivity contribution in [3.63, 3.8) is 0 Å². The van der Waals surface area contributed by atoms with Crippen LogP contribution in [0.15, 0.2) is 18.2 Å². The van der Waals surface area contributed by atoms with E-state index in [0.29, 0.717) is 26.2 Å². The first-order chi connectivity index (χ1) is 11.6. The Morgan fingerprint density at radius 3 is 2.88 bits per heavy atom. The fourth-order valence-electron chi connectivity index (χ4n) is 4.22. The topological polar surface area (TPSA) is 49.8 Å². The monoisotopic (exact) mass is 331 g/mol. The van der Waals surface area contributed by atoms with Crippen molar-refractivity contribution in [3.05, 3.63) is 34.9 Å². The Morgan fingerprint density at radius 1 is 1.33 bits per heavy atom. The highest BCUT2D eigenvalue weighted by Gasteiger charge is 2.39. The molecule has 1 aliphatic heterocycles. The average molecular weight is 331 g/mol. The largest absolute Gasteiger partial charge is 0.393 e. The van der Waals surface area contributed by atoms with Gasteiger partial charge in [0.05, 0.1) is 25.4 Å². The summed E-state index contributed by atoms with van der Waals surface area (Å²) >= 11 is 0. The molecule has 1 aliphatic carbocycles. The van der Waals surface area contributed by atoms with Crippen LogP contribution in [0.2, 0.25) is 0 Å². The summed E-state index contributed by atoms with van der Waals surface area (Å²) in [4.78, 5) is 14.8. The summed E-state index contributed by atoms with van der Waals surface area (Å²) in [7, 11) is 0. The Bertz CT molecular complexity index is 586. The molecule has 0 bridgehead atoms. The van der Waals surface area contributed by atoms with Crippen LogP contribution >= 0.6 is 0 Å². The van der Waals surface area contributed by atoms with Gasteiger partial charge < -0.3 is 14.7 Å². The number of hydrogen-bond donors (Lipinski definition) is 1. The highest BCUT2D eigenvalue weighted by atomic mass is 16.5. The van der Waals surface area contributed by atoms with E-state index >= 15 is 0 Å². The maximum absolute atomic E-state index is 12.8. The minimum Gasteiger partial charge on any atom is -0.393 e. The predicted octanol–water partition coefficient (Wildman–Crippen LogP) is 2.62. The lowest BCUT2D eigenvalue weighted by Gasteiger charge is -2.40. The fraction of sp³-hybridized carbons (Fsp3) is 0.650. The number of morpholine rings is 1. The number of benzene rings is 1. The van der Waals surface area contributed by atoms with Gasteiger partial charge in [-0.3, -0.25) is 4.79 Å². The van der Waals surface area contributed by atoms with Crippen LogP contribution in [0.4, 0.5) is 0 Å². The minimum atomic E-state index is -0.286. The molecule has 0 spiro atoms. The quantitative estimate of drug-likeness (QED) is 0.923. The first-order valence-electron chi connectivity index (χ1n) is 9.17. The van der Waals surface area contributed by atoms with Crippen molar-refractivity contribution in [3.8, 4) is 0 Å². The van der Waals surface area contributed by atoms with Crippen molar-refractivity contribution < 1.29 is 14.6 Å². The lowest BCUT2D eigenvalue weighted by atomic mass is 9.93. The number of aryl methyl sites for hydroxylation is 3. The van der Waals surface area contributed by atoms with E-state index < -0.39 is 0 Å². The fourth-order valence-corrected chi connectivity index (χ4v) is 4.22. The van der Waals surface area contributed by atoms with Crippen LogP contribution in [0, 0.1) is 19.8 Å². The molecule has 1 saturated heterocycles. The molecule has 3 atom stereocenters. The molecule has 2 aliphatic rings. The van der Waals surface area contributed by atoms with E-state index in [4.69, 9.17) is 4.74 Å².